The molecule has 0 aromatic heterocycles. The number of guanidine groups is 1. The standard InChI is InChI=1S/C19H28N4O3/c1-20-19(22-11-9-18(24)23-15-4-2-3-5-15)21-10-8-14-6-7-16-17(12-14)26-13-25-16/h6-7,12,15H,2-5,8-11,13H2,1H3,(H,23,24)(H2,20,21,22). The minimum Gasteiger partial charge on any atom is -0.454 e. The maximum atomic E-state index is 11.9. The molecule has 0 atom stereocenters. The van der Waals surface area contributed by atoms with E-state index >= 15 is 0 Å². The van der Waals surface area contributed by atoms with Crippen LogP contribution in [0, 0.1) is 0 Å². The van der Waals surface area contributed by atoms with Crippen molar-refractivity contribution in [1.29, 1.82) is 0 Å². The molecule has 0 bridgehead atoms. The SMILES string of the molecule is CN=C(NCCC(=O)NC1CCCC1)NCCc1ccc2c(c1)OCO2. The van der Waals surface area contributed by atoms with Crippen LogP contribution in [0.5, 0.6) is 11.5 Å². The zero-order chi connectivity index (χ0) is 18.2. The Kier molecular flexibility index (Phi) is 6.57. The number of hydrogen-bond donors (Lipinski definition) is 3. The third-order valence-electron chi connectivity index (χ3n) is 4.73. The monoisotopic (exact) mass is 360 g/mol. The first kappa shape index (κ1) is 18.4. The molecular weight excluding hydrogens is 332 g/mol. The number of benzene rings is 1. The summed E-state index contributed by atoms with van der Waals surface area (Å²) in [5.41, 5.74) is 1.17. The molecule has 2 aliphatic rings. The molecule has 1 fully saturated rings. The number of amides is 1. The molecular formula is C19H28N4O3. The minimum atomic E-state index is 0.111. The van der Waals surface area contributed by atoms with Gasteiger partial charge < -0.3 is 25.4 Å². The fourth-order valence-electron chi connectivity index (χ4n) is 3.31. The molecule has 1 amide bonds. The molecule has 26 heavy (non-hydrogen) atoms. The lowest BCUT2D eigenvalue weighted by Gasteiger charge is -2.14. The molecule has 3 N–H and O–H groups in total. The summed E-state index contributed by atoms with van der Waals surface area (Å²) in [7, 11) is 1.73. The van der Waals surface area contributed by atoms with Gasteiger partial charge in [-0.3, -0.25) is 9.79 Å². The van der Waals surface area contributed by atoms with Gasteiger partial charge in [-0.2, -0.15) is 0 Å². The number of carbonyl (C=O) groups excluding carboxylic acids is 1. The third kappa shape index (κ3) is 5.28. The minimum absolute atomic E-state index is 0.111. The largest absolute Gasteiger partial charge is 0.454 e. The zero-order valence-corrected chi connectivity index (χ0v) is 15.3. The van der Waals surface area contributed by atoms with Gasteiger partial charge in [0, 0.05) is 32.6 Å². The number of nitrogens with zero attached hydrogens (tertiary/aromatic N) is 1. The lowest BCUT2D eigenvalue weighted by Crippen LogP contribution is -2.41. The Balaban J connectivity index is 1.32. The van der Waals surface area contributed by atoms with Crippen LogP contribution in [0.25, 0.3) is 0 Å². The van der Waals surface area contributed by atoms with Crippen LogP contribution in [0.1, 0.15) is 37.7 Å². The molecule has 1 aromatic rings. The molecule has 142 valence electrons. The molecule has 7 nitrogen and oxygen atoms in total. The summed E-state index contributed by atoms with van der Waals surface area (Å²) in [6.07, 6.45) is 5.98. The predicted molar refractivity (Wildman–Crippen MR) is 101 cm³/mol. The van der Waals surface area contributed by atoms with Crippen molar-refractivity contribution in [2.45, 2.75) is 44.6 Å². The van der Waals surface area contributed by atoms with E-state index in [0.29, 0.717) is 31.8 Å². The summed E-state index contributed by atoms with van der Waals surface area (Å²) in [6.45, 7) is 1.61. The Labute approximate surface area is 154 Å². The van der Waals surface area contributed by atoms with Crippen molar-refractivity contribution >= 4 is 11.9 Å². The summed E-state index contributed by atoms with van der Waals surface area (Å²) in [5, 5.41) is 9.55. The van der Waals surface area contributed by atoms with Crippen LogP contribution in [-0.2, 0) is 11.2 Å². The quantitative estimate of drug-likeness (QED) is 0.508. The van der Waals surface area contributed by atoms with E-state index in [1.165, 1.54) is 18.4 Å². The van der Waals surface area contributed by atoms with Crippen molar-refractivity contribution in [3.05, 3.63) is 23.8 Å². The average Bonchev–Trinajstić information content (AvgIpc) is 3.31. The molecule has 1 heterocycles. The summed E-state index contributed by atoms with van der Waals surface area (Å²) >= 11 is 0. The van der Waals surface area contributed by atoms with Gasteiger partial charge in [0.15, 0.2) is 17.5 Å². The smallest absolute Gasteiger partial charge is 0.231 e. The highest BCUT2D eigenvalue weighted by atomic mass is 16.7. The van der Waals surface area contributed by atoms with Gasteiger partial charge in [0.2, 0.25) is 12.7 Å². The molecule has 1 aliphatic carbocycles. The van der Waals surface area contributed by atoms with Crippen LogP contribution in [0.3, 0.4) is 0 Å². The first-order chi connectivity index (χ1) is 12.7. The highest BCUT2D eigenvalue weighted by Crippen LogP contribution is 2.32. The molecule has 3 rings (SSSR count). The highest BCUT2D eigenvalue weighted by molar-refractivity contribution is 5.81. The molecule has 0 radical (unpaired) electrons. The Morgan fingerprint density at radius 2 is 1.92 bits per heavy atom. The summed E-state index contributed by atoms with van der Waals surface area (Å²) in [4.78, 5) is 16.1. The predicted octanol–water partition coefficient (Wildman–Crippen LogP) is 1.57. The van der Waals surface area contributed by atoms with Gasteiger partial charge in [-0.15, -0.1) is 0 Å². The number of rotatable bonds is 7. The Bertz CT molecular complexity index is 642. The fraction of sp³-hybridized carbons (Fsp3) is 0.579. The number of hydrogen-bond acceptors (Lipinski definition) is 4. The number of ether oxygens (including phenoxy) is 2. The number of carbonyl (C=O) groups is 1. The molecule has 1 saturated carbocycles. The summed E-state index contributed by atoms with van der Waals surface area (Å²) in [6, 6.07) is 6.36. The van der Waals surface area contributed by atoms with Crippen molar-refractivity contribution in [3.8, 4) is 11.5 Å². The maximum absolute atomic E-state index is 11.9. The number of nitrogens with one attached hydrogen (secondary N) is 3. The Hall–Kier alpha value is -2.44. The highest BCUT2D eigenvalue weighted by Gasteiger charge is 2.16. The first-order valence-corrected chi connectivity index (χ1v) is 9.37. The van der Waals surface area contributed by atoms with Crippen molar-refractivity contribution < 1.29 is 14.3 Å². The van der Waals surface area contributed by atoms with Crippen molar-refractivity contribution in [2.75, 3.05) is 26.9 Å². The van der Waals surface area contributed by atoms with Crippen LogP contribution in [0.2, 0.25) is 0 Å². The van der Waals surface area contributed by atoms with E-state index < -0.39 is 0 Å². The van der Waals surface area contributed by atoms with Gasteiger partial charge in [-0.05, 0) is 37.0 Å². The van der Waals surface area contributed by atoms with Gasteiger partial charge in [-0.25, -0.2) is 0 Å². The molecule has 0 unspecified atom stereocenters. The molecule has 1 aromatic carbocycles. The Morgan fingerprint density at radius 3 is 2.73 bits per heavy atom. The lowest BCUT2D eigenvalue weighted by atomic mass is 10.1. The fourth-order valence-corrected chi connectivity index (χ4v) is 3.31. The van der Waals surface area contributed by atoms with Gasteiger partial charge in [-0.1, -0.05) is 18.9 Å². The van der Waals surface area contributed by atoms with Gasteiger partial charge in [0.1, 0.15) is 0 Å². The second-order valence-electron chi connectivity index (χ2n) is 6.66. The van der Waals surface area contributed by atoms with Crippen LogP contribution in [-0.4, -0.2) is 44.8 Å². The third-order valence-corrected chi connectivity index (χ3v) is 4.73. The van der Waals surface area contributed by atoms with E-state index in [9.17, 15) is 4.79 Å². The van der Waals surface area contributed by atoms with Crippen LogP contribution in [0.4, 0.5) is 0 Å². The van der Waals surface area contributed by atoms with Gasteiger partial charge in [0.25, 0.3) is 0 Å². The second-order valence-corrected chi connectivity index (χ2v) is 6.66. The van der Waals surface area contributed by atoms with E-state index in [-0.39, 0.29) is 5.91 Å². The summed E-state index contributed by atoms with van der Waals surface area (Å²) in [5.74, 6) is 2.42. The van der Waals surface area contributed by atoms with Crippen LogP contribution >= 0.6 is 0 Å². The van der Waals surface area contributed by atoms with Crippen molar-refractivity contribution in [2.24, 2.45) is 4.99 Å². The number of fused-ring (bicyclic) bond motifs is 1. The van der Waals surface area contributed by atoms with Gasteiger partial charge >= 0.3 is 0 Å². The average molecular weight is 360 g/mol. The number of aliphatic imine (C=N–C) groups is 1. The van der Waals surface area contributed by atoms with E-state index in [1.807, 2.05) is 18.2 Å². The molecule has 7 heteroatoms. The first-order valence-electron chi connectivity index (χ1n) is 9.37. The van der Waals surface area contributed by atoms with Crippen LogP contribution in [0.15, 0.2) is 23.2 Å². The molecule has 1 aliphatic heterocycles. The van der Waals surface area contributed by atoms with Crippen LogP contribution < -0.4 is 25.4 Å². The molecule has 0 saturated heterocycles. The van der Waals surface area contributed by atoms with Crippen molar-refractivity contribution in [1.82, 2.24) is 16.0 Å². The second kappa shape index (κ2) is 9.31. The summed E-state index contributed by atoms with van der Waals surface area (Å²) < 4.78 is 10.7. The maximum Gasteiger partial charge on any atom is 0.231 e. The lowest BCUT2D eigenvalue weighted by molar-refractivity contribution is -0.121. The van der Waals surface area contributed by atoms with Gasteiger partial charge in [0.05, 0.1) is 0 Å². The van der Waals surface area contributed by atoms with E-state index in [1.54, 1.807) is 7.05 Å². The van der Waals surface area contributed by atoms with E-state index in [4.69, 9.17) is 9.47 Å². The zero-order valence-electron chi connectivity index (χ0n) is 15.3. The van der Waals surface area contributed by atoms with E-state index in [2.05, 4.69) is 20.9 Å². The van der Waals surface area contributed by atoms with E-state index in [0.717, 1.165) is 37.3 Å². The topological polar surface area (TPSA) is 84.0 Å². The molecule has 0 spiro atoms. The van der Waals surface area contributed by atoms with Crippen molar-refractivity contribution in [3.63, 3.8) is 0 Å². The normalized spacial score (nSPS) is 16.6. The Morgan fingerprint density at radius 1 is 1.15 bits per heavy atom.